The van der Waals surface area contributed by atoms with Crippen molar-refractivity contribution in [2.75, 3.05) is 5.43 Å². The van der Waals surface area contributed by atoms with Crippen LogP contribution in [0.25, 0.3) is 0 Å². The van der Waals surface area contributed by atoms with Gasteiger partial charge in [-0.25, -0.2) is 0 Å². The van der Waals surface area contributed by atoms with E-state index in [-0.39, 0.29) is 11.4 Å². The molecule has 1 N–H and O–H groups in total. The Morgan fingerprint density at radius 3 is 2.57 bits per heavy atom. The summed E-state index contributed by atoms with van der Waals surface area (Å²) >= 11 is 0. The van der Waals surface area contributed by atoms with E-state index in [0.29, 0.717) is 11.3 Å². The lowest BCUT2D eigenvalue weighted by atomic mass is 10.2. The molecular weight excluding hydrogens is 280 g/mol. The summed E-state index contributed by atoms with van der Waals surface area (Å²) in [4.78, 5) is 20.1. The van der Waals surface area contributed by atoms with Crippen LogP contribution < -0.4 is 5.43 Å². The number of nitro groups is 2. The molecule has 0 saturated heterocycles. The predicted octanol–water partition coefficient (Wildman–Crippen LogP) is 2.85. The first-order chi connectivity index (χ1) is 9.99. The average molecular weight is 290 g/mol. The minimum absolute atomic E-state index is 0.0583. The van der Waals surface area contributed by atoms with Crippen molar-refractivity contribution in [3.05, 3.63) is 62.1 Å². The van der Waals surface area contributed by atoms with Crippen LogP contribution in [0.15, 0.2) is 40.0 Å². The molecular formula is C12H10N4O5. The fourth-order valence-corrected chi connectivity index (χ4v) is 1.58. The van der Waals surface area contributed by atoms with E-state index in [4.69, 9.17) is 4.42 Å². The van der Waals surface area contributed by atoms with Gasteiger partial charge in [-0.15, -0.1) is 0 Å². The van der Waals surface area contributed by atoms with Crippen molar-refractivity contribution < 1.29 is 14.3 Å². The molecule has 0 aliphatic carbocycles. The number of hydrogen-bond donors (Lipinski definition) is 1. The van der Waals surface area contributed by atoms with Gasteiger partial charge >= 0.3 is 5.69 Å². The van der Waals surface area contributed by atoms with E-state index in [0.717, 1.165) is 12.1 Å². The van der Waals surface area contributed by atoms with Gasteiger partial charge in [0.1, 0.15) is 11.4 Å². The number of hydrogen-bond acceptors (Lipinski definition) is 7. The quantitative estimate of drug-likeness (QED) is 0.513. The highest BCUT2D eigenvalue weighted by Gasteiger charge is 2.19. The van der Waals surface area contributed by atoms with E-state index in [9.17, 15) is 20.2 Å². The summed E-state index contributed by atoms with van der Waals surface area (Å²) in [6.45, 7) is 1.75. The van der Waals surface area contributed by atoms with E-state index >= 15 is 0 Å². The zero-order chi connectivity index (χ0) is 15.4. The topological polar surface area (TPSA) is 124 Å². The molecule has 0 saturated carbocycles. The smallest absolute Gasteiger partial charge is 0.301 e. The molecule has 0 fully saturated rings. The fraction of sp³-hybridized carbons (Fsp3) is 0.0833. The molecule has 0 amide bonds. The molecule has 0 radical (unpaired) electrons. The fourth-order valence-electron chi connectivity index (χ4n) is 1.58. The predicted molar refractivity (Wildman–Crippen MR) is 74.4 cm³/mol. The van der Waals surface area contributed by atoms with Crippen LogP contribution in [0.5, 0.6) is 0 Å². The largest absolute Gasteiger partial charge is 0.469 e. The molecule has 0 atom stereocenters. The third-order valence-corrected chi connectivity index (χ3v) is 2.68. The molecule has 1 aromatic carbocycles. The Kier molecular flexibility index (Phi) is 3.93. The van der Waals surface area contributed by atoms with Crippen molar-refractivity contribution in [1.29, 1.82) is 0 Å². The van der Waals surface area contributed by atoms with Crippen LogP contribution >= 0.6 is 0 Å². The van der Waals surface area contributed by atoms with Gasteiger partial charge in [0.25, 0.3) is 5.69 Å². The van der Waals surface area contributed by atoms with Gasteiger partial charge in [-0.2, -0.15) is 5.10 Å². The Bertz CT molecular complexity index is 722. The molecule has 1 heterocycles. The van der Waals surface area contributed by atoms with E-state index in [1.54, 1.807) is 13.0 Å². The average Bonchev–Trinajstić information content (AvgIpc) is 2.84. The monoisotopic (exact) mass is 290 g/mol. The lowest BCUT2D eigenvalue weighted by Crippen LogP contribution is -1.98. The number of anilines is 1. The number of non-ortho nitro benzene ring substituents is 1. The van der Waals surface area contributed by atoms with Gasteiger partial charge < -0.3 is 4.42 Å². The number of nitrogens with one attached hydrogen (secondary N) is 1. The van der Waals surface area contributed by atoms with Crippen LogP contribution in [-0.4, -0.2) is 16.1 Å². The number of hydrazone groups is 1. The van der Waals surface area contributed by atoms with Crippen molar-refractivity contribution >= 4 is 23.3 Å². The Morgan fingerprint density at radius 1 is 1.24 bits per heavy atom. The second-order valence-corrected chi connectivity index (χ2v) is 4.02. The zero-order valence-electron chi connectivity index (χ0n) is 10.8. The maximum Gasteiger partial charge on any atom is 0.301 e. The Balaban J connectivity index is 2.23. The lowest BCUT2D eigenvalue weighted by molar-refractivity contribution is -0.393. The van der Waals surface area contributed by atoms with Crippen molar-refractivity contribution in [2.45, 2.75) is 6.92 Å². The van der Waals surface area contributed by atoms with Crippen LogP contribution in [0.3, 0.4) is 0 Å². The molecule has 2 aromatic rings. The van der Waals surface area contributed by atoms with E-state index in [2.05, 4.69) is 10.5 Å². The summed E-state index contributed by atoms with van der Waals surface area (Å²) in [5.74, 6) is 0.652. The van der Waals surface area contributed by atoms with Crippen LogP contribution in [0.1, 0.15) is 11.3 Å². The van der Waals surface area contributed by atoms with Crippen molar-refractivity contribution in [3.8, 4) is 0 Å². The number of benzene rings is 1. The first-order valence-corrected chi connectivity index (χ1v) is 5.75. The summed E-state index contributed by atoms with van der Waals surface area (Å²) in [6, 6.07) is 4.95. The molecule has 0 unspecified atom stereocenters. The van der Waals surface area contributed by atoms with Gasteiger partial charge in [0.2, 0.25) is 0 Å². The molecule has 0 aliphatic heterocycles. The number of nitrogens with zero attached hydrogens (tertiary/aromatic N) is 3. The second kappa shape index (κ2) is 5.82. The van der Waals surface area contributed by atoms with Crippen molar-refractivity contribution in [1.82, 2.24) is 0 Å². The molecule has 9 nitrogen and oxygen atoms in total. The van der Waals surface area contributed by atoms with Gasteiger partial charge in [-0.05, 0) is 19.1 Å². The summed E-state index contributed by atoms with van der Waals surface area (Å²) in [5.41, 5.74) is 2.48. The van der Waals surface area contributed by atoms with Crippen LogP contribution in [-0.2, 0) is 0 Å². The van der Waals surface area contributed by atoms with Crippen molar-refractivity contribution in [3.63, 3.8) is 0 Å². The van der Waals surface area contributed by atoms with Gasteiger partial charge in [-0.3, -0.25) is 25.7 Å². The Labute approximate surface area is 118 Å². The highest BCUT2D eigenvalue weighted by Crippen LogP contribution is 2.28. The van der Waals surface area contributed by atoms with Gasteiger partial charge in [0.15, 0.2) is 0 Å². The van der Waals surface area contributed by atoms with Crippen LogP contribution in [0.2, 0.25) is 0 Å². The summed E-state index contributed by atoms with van der Waals surface area (Å²) in [6.07, 6.45) is 2.93. The second-order valence-electron chi connectivity index (χ2n) is 4.02. The highest BCUT2D eigenvalue weighted by atomic mass is 16.6. The maximum atomic E-state index is 10.9. The third-order valence-electron chi connectivity index (χ3n) is 2.68. The van der Waals surface area contributed by atoms with E-state index in [1.807, 2.05) is 0 Å². The lowest BCUT2D eigenvalue weighted by Gasteiger charge is -2.01. The summed E-state index contributed by atoms with van der Waals surface area (Å²) in [7, 11) is 0. The molecule has 1 aromatic heterocycles. The molecule has 21 heavy (non-hydrogen) atoms. The van der Waals surface area contributed by atoms with Gasteiger partial charge in [-0.1, -0.05) is 0 Å². The van der Waals surface area contributed by atoms with E-state index in [1.165, 1.54) is 18.5 Å². The first-order valence-electron chi connectivity index (χ1n) is 5.75. The standard InChI is InChI=1S/C12H10N4O5/c1-8-9(4-5-21-8)7-13-14-11-3-2-10(15(17)18)6-12(11)16(19)20/h2-7,14H,1H3/b13-7+. The van der Waals surface area contributed by atoms with Gasteiger partial charge in [0.05, 0.1) is 28.4 Å². The molecule has 2 rings (SSSR count). The third kappa shape index (κ3) is 3.21. The summed E-state index contributed by atoms with van der Waals surface area (Å²) in [5, 5.41) is 25.4. The molecule has 0 spiro atoms. The van der Waals surface area contributed by atoms with Crippen LogP contribution in [0.4, 0.5) is 17.1 Å². The number of furan rings is 1. The molecule has 108 valence electrons. The van der Waals surface area contributed by atoms with Gasteiger partial charge in [0, 0.05) is 11.6 Å². The number of aryl methyl sites for hydroxylation is 1. The molecule has 0 aliphatic rings. The highest BCUT2D eigenvalue weighted by molar-refractivity contribution is 5.81. The van der Waals surface area contributed by atoms with E-state index < -0.39 is 15.5 Å². The number of nitro benzene ring substituents is 2. The SMILES string of the molecule is Cc1occc1/C=N/Nc1ccc([N+](=O)[O-])cc1[N+](=O)[O-]. The first kappa shape index (κ1) is 14.2. The Morgan fingerprint density at radius 2 is 2.00 bits per heavy atom. The minimum atomic E-state index is -0.714. The normalized spacial score (nSPS) is 10.7. The number of rotatable bonds is 5. The minimum Gasteiger partial charge on any atom is -0.469 e. The van der Waals surface area contributed by atoms with Crippen molar-refractivity contribution in [2.24, 2.45) is 5.10 Å². The zero-order valence-corrected chi connectivity index (χ0v) is 10.8. The van der Waals surface area contributed by atoms with Crippen LogP contribution in [0, 0.1) is 27.2 Å². The molecule has 9 heteroatoms. The molecule has 0 bridgehead atoms. The summed E-state index contributed by atoms with van der Waals surface area (Å²) < 4.78 is 5.07. The maximum absolute atomic E-state index is 10.9. The Hall–Kier alpha value is -3.23.